The predicted molar refractivity (Wildman–Crippen MR) is 136 cm³/mol. The van der Waals surface area contributed by atoms with Gasteiger partial charge >= 0.3 is 0 Å². The molecule has 0 radical (unpaired) electrons. The molecule has 8 heteroatoms. The lowest BCUT2D eigenvalue weighted by Crippen LogP contribution is -2.20. The Kier molecular flexibility index (Phi) is 9.49. The van der Waals surface area contributed by atoms with Gasteiger partial charge in [-0.1, -0.05) is 37.6 Å². The molecule has 0 N–H and O–H groups in total. The first-order chi connectivity index (χ1) is 18.7. The van der Waals surface area contributed by atoms with Crippen LogP contribution in [0.15, 0.2) is 54.4 Å². The Bertz CT molecular complexity index is 1280. The van der Waals surface area contributed by atoms with E-state index in [2.05, 4.69) is 0 Å². The number of hydrogen-bond acceptors (Lipinski definition) is 1. The predicted octanol–water partition coefficient (Wildman–Crippen LogP) is 9.60. The molecule has 0 amide bonds. The number of halogens is 7. The zero-order valence-corrected chi connectivity index (χ0v) is 21.5. The summed E-state index contributed by atoms with van der Waals surface area (Å²) in [5, 5.41) is 0. The molecule has 1 fully saturated rings. The van der Waals surface area contributed by atoms with Crippen LogP contribution in [0.1, 0.15) is 78.9 Å². The number of aryl methyl sites for hydroxylation is 1. The highest BCUT2D eigenvalue weighted by atomic mass is 19.2. The summed E-state index contributed by atoms with van der Waals surface area (Å²) in [4.78, 5) is 0. The quantitative estimate of drug-likeness (QED) is 0.190. The van der Waals surface area contributed by atoms with Crippen molar-refractivity contribution in [3.63, 3.8) is 0 Å². The lowest BCUT2D eigenvalue weighted by molar-refractivity contribution is 0.00203. The molecule has 1 aliphatic heterocycles. The smallest absolute Gasteiger partial charge is 0.194 e. The van der Waals surface area contributed by atoms with Crippen LogP contribution in [0.5, 0.6) is 0 Å². The minimum atomic E-state index is -1.59. The van der Waals surface area contributed by atoms with Gasteiger partial charge in [0.15, 0.2) is 23.3 Å². The second-order valence-electron chi connectivity index (χ2n) is 9.88. The van der Waals surface area contributed by atoms with E-state index in [0.29, 0.717) is 31.4 Å². The van der Waals surface area contributed by atoms with Gasteiger partial charge in [-0.25, -0.2) is 30.7 Å². The van der Waals surface area contributed by atoms with Crippen molar-refractivity contribution in [2.45, 2.75) is 63.9 Å². The first-order valence-electron chi connectivity index (χ1n) is 13.0. The van der Waals surface area contributed by atoms with Gasteiger partial charge in [-0.15, -0.1) is 0 Å². The van der Waals surface area contributed by atoms with Crippen molar-refractivity contribution >= 4 is 5.83 Å². The molecule has 0 bridgehead atoms. The molecule has 208 valence electrons. The molecule has 0 aromatic heterocycles. The van der Waals surface area contributed by atoms with Gasteiger partial charge in [-0.3, -0.25) is 0 Å². The fourth-order valence-corrected chi connectivity index (χ4v) is 4.85. The number of hydrogen-bond donors (Lipinski definition) is 0. The summed E-state index contributed by atoms with van der Waals surface area (Å²) in [6.45, 7) is 2.20. The molecular weight excluding hydrogens is 521 g/mol. The molecule has 0 spiro atoms. The average molecular weight is 551 g/mol. The van der Waals surface area contributed by atoms with Crippen LogP contribution >= 0.6 is 0 Å². The fraction of sp³-hybridized carbons (Fsp3) is 0.355. The maximum Gasteiger partial charge on any atom is 0.194 e. The minimum Gasteiger partial charge on any atom is -0.373 e. The van der Waals surface area contributed by atoms with Gasteiger partial charge in [0.05, 0.1) is 12.7 Å². The monoisotopic (exact) mass is 550 g/mol. The number of benzene rings is 3. The number of allylic oxidation sites excluding steroid dienone is 1. The first-order valence-corrected chi connectivity index (χ1v) is 13.0. The van der Waals surface area contributed by atoms with E-state index in [1.807, 2.05) is 6.92 Å². The maximum absolute atomic E-state index is 14.8. The Balaban J connectivity index is 1.37. The summed E-state index contributed by atoms with van der Waals surface area (Å²) in [7, 11) is 0. The van der Waals surface area contributed by atoms with Crippen molar-refractivity contribution in [3.05, 3.63) is 111 Å². The van der Waals surface area contributed by atoms with Gasteiger partial charge in [0, 0.05) is 23.5 Å². The average Bonchev–Trinajstić information content (AvgIpc) is 2.93. The zero-order valence-electron chi connectivity index (χ0n) is 21.5. The molecule has 1 aliphatic rings. The number of rotatable bonds is 9. The van der Waals surface area contributed by atoms with E-state index in [0.717, 1.165) is 24.1 Å². The van der Waals surface area contributed by atoms with Crippen molar-refractivity contribution in [1.82, 2.24) is 0 Å². The van der Waals surface area contributed by atoms with E-state index in [9.17, 15) is 30.7 Å². The second-order valence-corrected chi connectivity index (χ2v) is 9.88. The zero-order chi connectivity index (χ0) is 28.1. The molecule has 1 nitrogen and oxygen atoms in total. The van der Waals surface area contributed by atoms with Gasteiger partial charge < -0.3 is 4.74 Å². The molecule has 39 heavy (non-hydrogen) atoms. The summed E-state index contributed by atoms with van der Waals surface area (Å²) in [6, 6.07) is 10.6. The number of ether oxygens (including phenoxy) is 1. The number of unbranched alkanes of at least 4 members (excludes halogenated alkanes) is 1. The standard InChI is InChI=1S/C31H29F7O/c1-2-3-4-24(32)30(37)20-8-6-19(7-9-20)21-10-12-29(39-17-21)22-15-25(33)23(26(34)16-22)11-5-18-13-27(35)31(38)28(36)14-18/h6-9,13-16,21,29H,2-5,10-12,17H2,1H3. The molecule has 3 aromatic rings. The van der Waals surface area contributed by atoms with Crippen molar-refractivity contribution in [2.75, 3.05) is 6.61 Å². The summed E-state index contributed by atoms with van der Waals surface area (Å²) >= 11 is 0. The van der Waals surface area contributed by atoms with E-state index in [1.165, 1.54) is 12.1 Å². The van der Waals surface area contributed by atoms with Crippen LogP contribution in [0, 0.1) is 29.1 Å². The van der Waals surface area contributed by atoms with E-state index in [4.69, 9.17) is 4.74 Å². The molecular formula is C31H29F7O. The van der Waals surface area contributed by atoms with Crippen molar-refractivity contribution in [2.24, 2.45) is 0 Å². The summed E-state index contributed by atoms with van der Waals surface area (Å²) in [5.74, 6) is -7.50. The Hall–Kier alpha value is -3.13. The largest absolute Gasteiger partial charge is 0.373 e. The third-order valence-corrected chi connectivity index (χ3v) is 7.14. The highest BCUT2D eigenvalue weighted by molar-refractivity contribution is 5.61. The third-order valence-electron chi connectivity index (χ3n) is 7.14. The fourth-order valence-electron chi connectivity index (χ4n) is 4.85. The summed E-state index contributed by atoms with van der Waals surface area (Å²) < 4.78 is 104. The highest BCUT2D eigenvalue weighted by Gasteiger charge is 2.26. The van der Waals surface area contributed by atoms with Crippen LogP contribution in [0.2, 0.25) is 0 Å². The lowest BCUT2D eigenvalue weighted by atomic mass is 9.88. The van der Waals surface area contributed by atoms with Gasteiger partial charge in [0.2, 0.25) is 0 Å². The molecule has 1 heterocycles. The normalized spacial score (nSPS) is 18.3. The topological polar surface area (TPSA) is 9.23 Å². The molecule has 2 atom stereocenters. The Morgan fingerprint density at radius 2 is 1.44 bits per heavy atom. The molecule has 2 unspecified atom stereocenters. The molecule has 0 aliphatic carbocycles. The van der Waals surface area contributed by atoms with Crippen molar-refractivity contribution in [3.8, 4) is 0 Å². The Labute approximate surface area is 223 Å². The SMILES string of the molecule is CCCCC(F)=C(F)c1ccc(C2CCC(c3cc(F)c(CCc4cc(F)c(F)c(F)c4)c(F)c3)OC2)cc1. The Morgan fingerprint density at radius 1 is 0.795 bits per heavy atom. The van der Waals surface area contributed by atoms with E-state index >= 15 is 0 Å². The summed E-state index contributed by atoms with van der Waals surface area (Å²) in [6.07, 6.45) is 1.82. The van der Waals surface area contributed by atoms with Crippen LogP contribution in [-0.4, -0.2) is 6.61 Å². The first kappa shape index (κ1) is 28.9. The molecule has 1 saturated heterocycles. The van der Waals surface area contributed by atoms with Crippen molar-refractivity contribution in [1.29, 1.82) is 0 Å². The van der Waals surface area contributed by atoms with Crippen LogP contribution < -0.4 is 0 Å². The van der Waals surface area contributed by atoms with E-state index < -0.39 is 46.8 Å². The molecule has 4 rings (SSSR count). The van der Waals surface area contributed by atoms with Gasteiger partial charge in [-0.2, -0.15) is 0 Å². The van der Waals surface area contributed by atoms with Crippen LogP contribution in [-0.2, 0) is 17.6 Å². The van der Waals surface area contributed by atoms with Crippen LogP contribution in [0.3, 0.4) is 0 Å². The summed E-state index contributed by atoms with van der Waals surface area (Å²) in [5.41, 5.74) is 1.29. The van der Waals surface area contributed by atoms with Gasteiger partial charge in [-0.05, 0) is 73.1 Å². The lowest BCUT2D eigenvalue weighted by Gasteiger charge is -2.30. The third kappa shape index (κ3) is 6.90. The molecule has 3 aromatic carbocycles. The van der Waals surface area contributed by atoms with Crippen molar-refractivity contribution < 1.29 is 35.5 Å². The second kappa shape index (κ2) is 12.8. The van der Waals surface area contributed by atoms with Crippen LogP contribution in [0.4, 0.5) is 30.7 Å². The minimum absolute atomic E-state index is 0.00209. The van der Waals surface area contributed by atoms with Gasteiger partial charge in [0.25, 0.3) is 0 Å². The van der Waals surface area contributed by atoms with Crippen LogP contribution in [0.25, 0.3) is 5.83 Å². The highest BCUT2D eigenvalue weighted by Crippen LogP contribution is 2.37. The van der Waals surface area contributed by atoms with Gasteiger partial charge in [0.1, 0.15) is 17.5 Å². The van der Waals surface area contributed by atoms with E-state index in [1.54, 1.807) is 24.3 Å². The molecule has 0 saturated carbocycles. The maximum atomic E-state index is 14.8. The van der Waals surface area contributed by atoms with E-state index in [-0.39, 0.29) is 41.9 Å². The Morgan fingerprint density at radius 3 is 2.00 bits per heavy atom.